The van der Waals surface area contributed by atoms with Crippen LogP contribution in [0.1, 0.15) is 39.2 Å². The van der Waals surface area contributed by atoms with Gasteiger partial charge in [0.25, 0.3) is 0 Å². The van der Waals surface area contributed by atoms with Gasteiger partial charge < -0.3 is 10.2 Å². The minimum Gasteiger partial charge on any atom is -0.333 e. The fraction of sp³-hybridized carbons (Fsp3) is 0.611. The van der Waals surface area contributed by atoms with Gasteiger partial charge in [0.1, 0.15) is 0 Å². The highest BCUT2D eigenvalue weighted by Gasteiger charge is 2.26. The fourth-order valence-electron chi connectivity index (χ4n) is 2.79. The van der Waals surface area contributed by atoms with E-state index >= 15 is 0 Å². The molecule has 146 valence electrons. The summed E-state index contributed by atoms with van der Waals surface area (Å²) >= 11 is 6.02. The number of piperidine rings is 1. The summed E-state index contributed by atoms with van der Waals surface area (Å²) in [6.07, 6.45) is 1.55. The van der Waals surface area contributed by atoms with Crippen molar-refractivity contribution in [2.24, 2.45) is 5.92 Å². The third kappa shape index (κ3) is 5.86. The highest BCUT2D eigenvalue weighted by molar-refractivity contribution is 7.89. The molecule has 0 saturated carbocycles. The van der Waals surface area contributed by atoms with Crippen molar-refractivity contribution in [3.05, 3.63) is 28.8 Å². The third-order valence-corrected chi connectivity index (χ3v) is 6.23. The van der Waals surface area contributed by atoms with Crippen LogP contribution in [-0.4, -0.2) is 44.5 Å². The number of sulfonamides is 1. The number of halogens is 1. The van der Waals surface area contributed by atoms with Crippen molar-refractivity contribution in [3.8, 4) is 0 Å². The number of rotatable bonds is 4. The van der Waals surface area contributed by atoms with Gasteiger partial charge in [-0.2, -0.15) is 0 Å². The van der Waals surface area contributed by atoms with Crippen LogP contribution in [0.4, 0.5) is 4.79 Å². The summed E-state index contributed by atoms with van der Waals surface area (Å²) in [4.78, 5) is 14.1. The Labute approximate surface area is 161 Å². The van der Waals surface area contributed by atoms with Gasteiger partial charge in [0, 0.05) is 30.2 Å². The summed E-state index contributed by atoms with van der Waals surface area (Å²) in [5, 5.41) is 3.39. The second-order valence-corrected chi connectivity index (χ2v) is 10.0. The average molecular weight is 402 g/mol. The van der Waals surface area contributed by atoms with Crippen molar-refractivity contribution >= 4 is 27.7 Å². The van der Waals surface area contributed by atoms with E-state index in [4.69, 9.17) is 11.6 Å². The Morgan fingerprint density at radius 3 is 2.42 bits per heavy atom. The number of carbonyl (C=O) groups is 1. The number of amides is 2. The molecule has 1 fully saturated rings. The van der Waals surface area contributed by atoms with Gasteiger partial charge in [0.2, 0.25) is 10.0 Å². The van der Waals surface area contributed by atoms with Crippen molar-refractivity contribution in [3.63, 3.8) is 0 Å². The lowest BCUT2D eigenvalue weighted by Crippen LogP contribution is -2.51. The molecule has 0 unspecified atom stereocenters. The lowest BCUT2D eigenvalue weighted by atomic mass is 9.97. The molecule has 0 bridgehead atoms. The predicted octanol–water partition coefficient (Wildman–Crippen LogP) is 3.15. The summed E-state index contributed by atoms with van der Waals surface area (Å²) in [5.41, 5.74) is 0.574. The van der Waals surface area contributed by atoms with Crippen molar-refractivity contribution in [2.75, 3.05) is 19.6 Å². The summed E-state index contributed by atoms with van der Waals surface area (Å²) in [6, 6.07) is 4.66. The molecule has 1 aromatic rings. The highest BCUT2D eigenvalue weighted by atomic mass is 35.5. The Balaban J connectivity index is 1.86. The van der Waals surface area contributed by atoms with Crippen LogP contribution < -0.4 is 10.0 Å². The van der Waals surface area contributed by atoms with Gasteiger partial charge in [-0.15, -0.1) is 0 Å². The molecule has 0 aromatic heterocycles. The molecule has 2 N–H and O–H groups in total. The van der Waals surface area contributed by atoms with E-state index in [1.54, 1.807) is 17.0 Å². The third-order valence-electron chi connectivity index (χ3n) is 4.40. The molecule has 1 aromatic carbocycles. The first-order chi connectivity index (χ1) is 12.0. The van der Waals surface area contributed by atoms with Crippen LogP contribution in [0.3, 0.4) is 0 Å². The van der Waals surface area contributed by atoms with Crippen molar-refractivity contribution < 1.29 is 13.2 Å². The van der Waals surface area contributed by atoms with Gasteiger partial charge in [-0.05, 0) is 64.2 Å². The van der Waals surface area contributed by atoms with Gasteiger partial charge in [-0.1, -0.05) is 17.7 Å². The van der Waals surface area contributed by atoms with E-state index in [1.807, 2.05) is 27.7 Å². The lowest BCUT2D eigenvalue weighted by Gasteiger charge is -2.34. The van der Waals surface area contributed by atoms with Crippen molar-refractivity contribution in [1.82, 2.24) is 14.9 Å². The number of urea groups is 1. The van der Waals surface area contributed by atoms with Gasteiger partial charge in [-0.3, -0.25) is 0 Å². The van der Waals surface area contributed by atoms with Crippen LogP contribution in [0, 0.1) is 12.8 Å². The number of hydrogen-bond acceptors (Lipinski definition) is 3. The Morgan fingerprint density at radius 2 is 1.88 bits per heavy atom. The smallest absolute Gasteiger partial charge is 0.317 e. The number of nitrogens with zero attached hydrogens (tertiary/aromatic N) is 1. The zero-order valence-electron chi connectivity index (χ0n) is 15.8. The van der Waals surface area contributed by atoms with E-state index in [2.05, 4.69) is 10.0 Å². The Bertz CT molecular complexity index is 751. The van der Waals surface area contributed by atoms with Crippen LogP contribution >= 0.6 is 11.6 Å². The molecule has 26 heavy (non-hydrogen) atoms. The molecule has 1 aliphatic rings. The second kappa shape index (κ2) is 8.15. The minimum atomic E-state index is -3.58. The molecule has 1 saturated heterocycles. The topological polar surface area (TPSA) is 78.5 Å². The fourth-order valence-corrected chi connectivity index (χ4v) is 4.18. The largest absolute Gasteiger partial charge is 0.333 e. The van der Waals surface area contributed by atoms with Crippen molar-refractivity contribution in [1.29, 1.82) is 0 Å². The molecule has 8 heteroatoms. The van der Waals surface area contributed by atoms with Crippen LogP contribution in [0.2, 0.25) is 5.02 Å². The summed E-state index contributed by atoms with van der Waals surface area (Å²) in [6.45, 7) is 9.30. The maximum atomic E-state index is 12.4. The molecule has 2 rings (SSSR count). The van der Waals surface area contributed by atoms with Crippen LogP contribution in [-0.2, 0) is 10.0 Å². The highest BCUT2D eigenvalue weighted by Crippen LogP contribution is 2.21. The number of carbonyl (C=O) groups excluding carboxylic acids is 1. The van der Waals surface area contributed by atoms with E-state index in [1.165, 1.54) is 6.07 Å². The maximum absolute atomic E-state index is 12.4. The van der Waals surface area contributed by atoms with E-state index in [9.17, 15) is 13.2 Å². The molecule has 6 nitrogen and oxygen atoms in total. The summed E-state index contributed by atoms with van der Waals surface area (Å²) < 4.78 is 27.5. The molecule has 0 radical (unpaired) electrons. The number of benzene rings is 1. The van der Waals surface area contributed by atoms with E-state index in [0.717, 1.165) is 18.4 Å². The van der Waals surface area contributed by atoms with Gasteiger partial charge in [0.15, 0.2) is 0 Å². The molecular formula is C18H28ClN3O3S. The lowest BCUT2D eigenvalue weighted by molar-refractivity contribution is 0.163. The quantitative estimate of drug-likeness (QED) is 0.813. The van der Waals surface area contributed by atoms with E-state index in [0.29, 0.717) is 24.7 Å². The summed E-state index contributed by atoms with van der Waals surface area (Å²) in [5.74, 6) is 0.212. The summed E-state index contributed by atoms with van der Waals surface area (Å²) in [7, 11) is -3.58. The van der Waals surface area contributed by atoms with E-state index < -0.39 is 10.0 Å². The number of aryl methyl sites for hydroxylation is 1. The first-order valence-corrected chi connectivity index (χ1v) is 10.7. The molecule has 0 aliphatic carbocycles. The van der Waals surface area contributed by atoms with Gasteiger partial charge >= 0.3 is 6.03 Å². The number of hydrogen-bond donors (Lipinski definition) is 2. The molecule has 0 atom stereocenters. The average Bonchev–Trinajstić information content (AvgIpc) is 2.54. The first kappa shape index (κ1) is 21.0. The Kier molecular flexibility index (Phi) is 6.58. The molecule has 0 spiro atoms. The number of likely N-dealkylation sites (tertiary alicyclic amines) is 1. The Hall–Kier alpha value is -1.31. The monoisotopic (exact) mass is 401 g/mol. The van der Waals surface area contributed by atoms with Gasteiger partial charge in [0.05, 0.1) is 4.90 Å². The first-order valence-electron chi connectivity index (χ1n) is 8.81. The normalized spacial score (nSPS) is 16.6. The van der Waals surface area contributed by atoms with Crippen LogP contribution in [0.25, 0.3) is 0 Å². The van der Waals surface area contributed by atoms with Crippen molar-refractivity contribution in [2.45, 2.75) is 51.0 Å². The standard InChI is InChI=1S/C18H28ClN3O3S/c1-13-5-6-15(11-16(13)19)26(24,25)20-12-14-7-9-22(10-8-14)17(23)21-18(2,3)4/h5-6,11,14,20H,7-10,12H2,1-4H3,(H,21,23). The zero-order chi connectivity index (χ0) is 19.5. The number of nitrogens with one attached hydrogen (secondary N) is 2. The minimum absolute atomic E-state index is 0.0640. The van der Waals surface area contributed by atoms with Gasteiger partial charge in [-0.25, -0.2) is 17.9 Å². The van der Waals surface area contributed by atoms with Crippen LogP contribution in [0.5, 0.6) is 0 Å². The predicted molar refractivity (Wildman–Crippen MR) is 104 cm³/mol. The maximum Gasteiger partial charge on any atom is 0.317 e. The van der Waals surface area contributed by atoms with Crippen LogP contribution in [0.15, 0.2) is 23.1 Å². The molecule has 2 amide bonds. The Morgan fingerprint density at radius 1 is 1.27 bits per heavy atom. The second-order valence-electron chi connectivity index (χ2n) is 7.87. The molecular weight excluding hydrogens is 374 g/mol. The molecule has 1 aliphatic heterocycles. The zero-order valence-corrected chi connectivity index (χ0v) is 17.4. The molecule has 1 heterocycles. The van der Waals surface area contributed by atoms with E-state index in [-0.39, 0.29) is 22.4 Å². The SMILES string of the molecule is Cc1ccc(S(=O)(=O)NCC2CCN(C(=O)NC(C)(C)C)CC2)cc1Cl.